The molecule has 0 saturated carbocycles. The van der Waals surface area contributed by atoms with Gasteiger partial charge in [0.15, 0.2) is 5.82 Å². The number of carbonyl (C=O) groups excluding carboxylic acids is 1. The maximum atomic E-state index is 15.3. The summed E-state index contributed by atoms with van der Waals surface area (Å²) in [6.07, 6.45) is 2.81. The van der Waals surface area contributed by atoms with E-state index in [9.17, 15) is 4.79 Å². The second-order valence-electron chi connectivity index (χ2n) is 8.21. The molecule has 2 amide bonds. The summed E-state index contributed by atoms with van der Waals surface area (Å²) in [6.45, 7) is 3.82. The molecule has 3 aromatic rings. The van der Waals surface area contributed by atoms with Crippen molar-refractivity contribution in [2.75, 3.05) is 49.8 Å². The molecule has 1 aromatic carbocycles. The van der Waals surface area contributed by atoms with Crippen LogP contribution in [0.1, 0.15) is 5.56 Å². The fourth-order valence-corrected chi connectivity index (χ4v) is 4.28. The number of hydrogen-bond acceptors (Lipinski definition) is 8. The molecule has 0 radical (unpaired) electrons. The van der Waals surface area contributed by atoms with E-state index in [-0.39, 0.29) is 17.8 Å². The third-order valence-electron chi connectivity index (χ3n) is 6.12. The third-order valence-corrected chi connectivity index (χ3v) is 6.12. The van der Waals surface area contributed by atoms with Crippen molar-refractivity contribution in [3.05, 3.63) is 35.9 Å². The van der Waals surface area contributed by atoms with E-state index in [4.69, 9.17) is 19.9 Å². The Hall–Kier alpha value is -3.70. The molecule has 0 aliphatic carbocycles. The normalized spacial score (nSPS) is 19.3. The van der Waals surface area contributed by atoms with E-state index >= 15 is 4.39 Å². The lowest BCUT2D eigenvalue weighted by Gasteiger charge is -2.22. The Labute approximate surface area is 195 Å². The van der Waals surface area contributed by atoms with Crippen molar-refractivity contribution >= 4 is 34.0 Å². The first-order valence-electron chi connectivity index (χ1n) is 10.9. The van der Waals surface area contributed by atoms with Crippen LogP contribution in [0, 0.1) is 12.7 Å². The van der Waals surface area contributed by atoms with E-state index in [1.807, 2.05) is 6.92 Å². The summed E-state index contributed by atoms with van der Waals surface area (Å²) >= 11 is 0. The van der Waals surface area contributed by atoms with Crippen LogP contribution in [-0.2, 0) is 9.47 Å². The summed E-state index contributed by atoms with van der Waals surface area (Å²) < 4.78 is 31.5. The zero-order valence-electron chi connectivity index (χ0n) is 18.8. The lowest BCUT2D eigenvalue weighted by Crippen LogP contribution is -2.45. The molecule has 10 nitrogen and oxygen atoms in total. The number of amides is 2. The van der Waals surface area contributed by atoms with Crippen LogP contribution in [0.5, 0.6) is 5.88 Å². The third kappa shape index (κ3) is 3.93. The number of pyridine rings is 2. The molecule has 4 heterocycles. The predicted molar refractivity (Wildman–Crippen MR) is 126 cm³/mol. The van der Waals surface area contributed by atoms with E-state index in [2.05, 4.69) is 25.9 Å². The van der Waals surface area contributed by atoms with Gasteiger partial charge in [0.25, 0.3) is 0 Å². The van der Waals surface area contributed by atoms with Gasteiger partial charge in [-0.3, -0.25) is 5.32 Å². The van der Waals surface area contributed by atoms with Crippen LogP contribution in [0.3, 0.4) is 0 Å². The molecule has 2 aliphatic heterocycles. The van der Waals surface area contributed by atoms with Gasteiger partial charge >= 0.3 is 6.03 Å². The van der Waals surface area contributed by atoms with E-state index in [1.165, 1.54) is 6.20 Å². The van der Waals surface area contributed by atoms with Gasteiger partial charge in [0.2, 0.25) is 5.88 Å². The highest BCUT2D eigenvalue weighted by Gasteiger charge is 2.29. The van der Waals surface area contributed by atoms with Gasteiger partial charge in [-0.2, -0.15) is 0 Å². The smallest absolute Gasteiger partial charge is 0.320 e. The summed E-state index contributed by atoms with van der Waals surface area (Å²) in [5, 5.41) is 9.85. The average molecular weight is 468 g/mol. The molecule has 2 unspecified atom stereocenters. The Morgan fingerprint density at radius 2 is 2.12 bits per heavy atom. The van der Waals surface area contributed by atoms with E-state index < -0.39 is 11.8 Å². The SMILES string of the molecule is COC1COCC1NC(=O)Nc1cc2cc(-c3cnc4c(c3C)NCCO4)c(F)c(N)c2cn1. The van der Waals surface area contributed by atoms with Crippen LogP contribution in [0.25, 0.3) is 21.9 Å². The fraction of sp³-hybridized carbons (Fsp3) is 0.348. The Bertz CT molecular complexity index is 1270. The summed E-state index contributed by atoms with van der Waals surface area (Å²) in [7, 11) is 1.57. The van der Waals surface area contributed by atoms with Gasteiger partial charge in [-0.15, -0.1) is 0 Å². The summed E-state index contributed by atoms with van der Waals surface area (Å²) in [6, 6.07) is 2.62. The Morgan fingerprint density at radius 1 is 1.26 bits per heavy atom. The molecule has 2 aliphatic rings. The van der Waals surface area contributed by atoms with Crippen LogP contribution < -0.4 is 26.4 Å². The largest absolute Gasteiger partial charge is 0.474 e. The highest BCUT2D eigenvalue weighted by atomic mass is 19.1. The number of nitrogens with one attached hydrogen (secondary N) is 3. The number of halogens is 1. The van der Waals surface area contributed by atoms with Crippen LogP contribution in [0.4, 0.5) is 26.4 Å². The molecule has 178 valence electrons. The summed E-state index contributed by atoms with van der Waals surface area (Å²) in [4.78, 5) is 21.0. The number of ether oxygens (including phenoxy) is 3. The van der Waals surface area contributed by atoms with Crippen LogP contribution in [-0.4, -0.2) is 61.6 Å². The number of nitrogens with two attached hydrogens (primary N) is 1. The molecule has 0 spiro atoms. The van der Waals surface area contributed by atoms with Crippen molar-refractivity contribution in [1.29, 1.82) is 0 Å². The van der Waals surface area contributed by atoms with Gasteiger partial charge in [-0.25, -0.2) is 19.2 Å². The average Bonchev–Trinajstić information content (AvgIpc) is 3.29. The molecular formula is C23H25FN6O4. The van der Waals surface area contributed by atoms with Gasteiger partial charge in [-0.1, -0.05) is 0 Å². The number of fused-ring (bicyclic) bond motifs is 2. The summed E-state index contributed by atoms with van der Waals surface area (Å²) in [5.74, 6) is 0.234. The van der Waals surface area contributed by atoms with Gasteiger partial charge in [0.1, 0.15) is 24.2 Å². The number of benzene rings is 1. The maximum Gasteiger partial charge on any atom is 0.320 e. The van der Waals surface area contributed by atoms with Crippen LogP contribution in [0.15, 0.2) is 24.5 Å². The number of hydrogen-bond donors (Lipinski definition) is 4. The number of nitrogens with zero attached hydrogens (tertiary/aromatic N) is 2. The zero-order chi connectivity index (χ0) is 23.8. The van der Waals surface area contributed by atoms with Gasteiger partial charge < -0.3 is 30.6 Å². The number of nitrogen functional groups attached to an aromatic ring is 1. The zero-order valence-corrected chi connectivity index (χ0v) is 18.8. The number of anilines is 3. The standard InChI is InChI=1S/C23H25FN6O4/c1-11-14(7-28-22-21(11)26-3-4-34-22)13-5-12-6-18(27-8-15(12)20(25)19(13)24)30-23(31)29-16-9-33-10-17(16)32-2/h5-8,16-17,26H,3-4,9-10,25H2,1-2H3,(H2,27,29,30,31). The van der Waals surface area contributed by atoms with Crippen molar-refractivity contribution in [3.8, 4) is 17.0 Å². The topological polar surface area (TPSA) is 133 Å². The first-order chi connectivity index (χ1) is 16.5. The second kappa shape index (κ2) is 8.92. The molecule has 34 heavy (non-hydrogen) atoms. The fourth-order valence-electron chi connectivity index (χ4n) is 4.28. The molecule has 5 rings (SSSR count). The van der Waals surface area contributed by atoms with Gasteiger partial charge in [-0.05, 0) is 30.0 Å². The lowest BCUT2D eigenvalue weighted by atomic mass is 9.97. The predicted octanol–water partition coefficient (Wildman–Crippen LogP) is 2.67. The highest BCUT2D eigenvalue weighted by molar-refractivity contribution is 6.00. The molecule has 11 heteroatoms. The Morgan fingerprint density at radius 3 is 2.94 bits per heavy atom. The molecular weight excluding hydrogens is 443 g/mol. The first kappa shape index (κ1) is 22.1. The highest BCUT2D eigenvalue weighted by Crippen LogP contribution is 2.39. The number of urea groups is 1. The first-order valence-corrected chi connectivity index (χ1v) is 10.9. The number of carbonyl (C=O) groups is 1. The molecule has 1 fully saturated rings. The number of aromatic nitrogens is 2. The quantitative estimate of drug-likeness (QED) is 0.430. The molecule has 1 saturated heterocycles. The van der Waals surface area contributed by atoms with Gasteiger partial charge in [0.05, 0.1) is 24.9 Å². The lowest BCUT2D eigenvalue weighted by molar-refractivity contribution is 0.0748. The molecule has 5 N–H and O–H groups in total. The maximum absolute atomic E-state index is 15.3. The van der Waals surface area contributed by atoms with Crippen LogP contribution in [0.2, 0.25) is 0 Å². The Balaban J connectivity index is 1.46. The molecule has 0 bridgehead atoms. The van der Waals surface area contributed by atoms with Crippen molar-refractivity contribution in [1.82, 2.24) is 15.3 Å². The summed E-state index contributed by atoms with van der Waals surface area (Å²) in [5.41, 5.74) is 8.55. The molecule has 2 atom stereocenters. The molecule has 2 aromatic heterocycles. The van der Waals surface area contributed by atoms with E-state index in [0.29, 0.717) is 60.0 Å². The minimum absolute atomic E-state index is 0.0247. The van der Waals surface area contributed by atoms with Crippen LogP contribution >= 0.6 is 0 Å². The van der Waals surface area contributed by atoms with Crippen molar-refractivity contribution < 1.29 is 23.4 Å². The Kier molecular flexibility index (Phi) is 5.80. The van der Waals surface area contributed by atoms with Gasteiger partial charge in [0, 0.05) is 42.6 Å². The van der Waals surface area contributed by atoms with Crippen molar-refractivity contribution in [3.63, 3.8) is 0 Å². The number of rotatable bonds is 4. The minimum Gasteiger partial charge on any atom is -0.474 e. The monoisotopic (exact) mass is 468 g/mol. The van der Waals surface area contributed by atoms with Crippen molar-refractivity contribution in [2.24, 2.45) is 0 Å². The van der Waals surface area contributed by atoms with E-state index in [1.54, 1.807) is 25.4 Å². The second-order valence-corrected chi connectivity index (χ2v) is 8.21. The van der Waals surface area contributed by atoms with E-state index in [0.717, 1.165) is 11.3 Å². The van der Waals surface area contributed by atoms with Crippen molar-refractivity contribution in [2.45, 2.75) is 19.1 Å². The number of methoxy groups -OCH3 is 1. The minimum atomic E-state index is -0.554.